The summed E-state index contributed by atoms with van der Waals surface area (Å²) in [6.07, 6.45) is 3.90. The lowest BCUT2D eigenvalue weighted by Gasteiger charge is -2.03. The molecule has 0 aromatic heterocycles. The summed E-state index contributed by atoms with van der Waals surface area (Å²) in [4.78, 5) is 11.7. The first-order valence-corrected chi connectivity index (χ1v) is 5.46. The Morgan fingerprint density at radius 1 is 1.44 bits per heavy atom. The van der Waals surface area contributed by atoms with Gasteiger partial charge in [0.05, 0.1) is 6.61 Å². The summed E-state index contributed by atoms with van der Waals surface area (Å²) in [5.41, 5.74) is 7.49. The fourth-order valence-electron chi connectivity index (χ4n) is 1.74. The van der Waals surface area contributed by atoms with Crippen LogP contribution in [0.5, 0.6) is 0 Å². The third-order valence-electron chi connectivity index (χ3n) is 2.57. The van der Waals surface area contributed by atoms with Crippen LogP contribution >= 0.6 is 0 Å². The van der Waals surface area contributed by atoms with Gasteiger partial charge in [-0.25, -0.2) is 0 Å². The molecular weight excluding hydrogens is 202 g/mol. The van der Waals surface area contributed by atoms with E-state index in [1.807, 2.05) is 30.3 Å². The standard InChI is InChI=1S/C13H15NO2/c14-11-4-1-3-10(9-11)6-7-12(15)13-5-2-8-16-13/h1,3-5,9H,2,6-8,14H2. The van der Waals surface area contributed by atoms with Crippen molar-refractivity contribution >= 4 is 11.5 Å². The van der Waals surface area contributed by atoms with Crippen LogP contribution in [0, 0.1) is 0 Å². The van der Waals surface area contributed by atoms with E-state index in [-0.39, 0.29) is 5.78 Å². The number of hydrogen-bond donors (Lipinski definition) is 1. The number of nitrogen functional groups attached to an aromatic ring is 1. The predicted octanol–water partition coefficient (Wildman–Crippen LogP) is 2.07. The fourth-order valence-corrected chi connectivity index (χ4v) is 1.74. The number of ketones is 1. The van der Waals surface area contributed by atoms with E-state index in [1.54, 1.807) is 0 Å². The summed E-state index contributed by atoms with van der Waals surface area (Å²) in [6.45, 7) is 0.638. The van der Waals surface area contributed by atoms with Gasteiger partial charge in [0.2, 0.25) is 0 Å². The number of aryl methyl sites for hydroxylation is 1. The second kappa shape index (κ2) is 4.84. The summed E-state index contributed by atoms with van der Waals surface area (Å²) >= 11 is 0. The van der Waals surface area contributed by atoms with E-state index in [0.29, 0.717) is 25.2 Å². The molecule has 0 amide bonds. The summed E-state index contributed by atoms with van der Waals surface area (Å²) in [6, 6.07) is 7.62. The van der Waals surface area contributed by atoms with E-state index in [1.165, 1.54) is 0 Å². The van der Waals surface area contributed by atoms with E-state index < -0.39 is 0 Å². The van der Waals surface area contributed by atoms with Crippen LogP contribution < -0.4 is 5.73 Å². The van der Waals surface area contributed by atoms with E-state index >= 15 is 0 Å². The molecule has 0 bridgehead atoms. The lowest BCUT2D eigenvalue weighted by atomic mass is 10.1. The number of benzene rings is 1. The van der Waals surface area contributed by atoms with E-state index in [4.69, 9.17) is 10.5 Å². The van der Waals surface area contributed by atoms with Crippen LogP contribution in [0.15, 0.2) is 36.1 Å². The molecule has 0 aliphatic carbocycles. The van der Waals surface area contributed by atoms with Crippen LogP contribution in [-0.4, -0.2) is 12.4 Å². The number of allylic oxidation sites excluding steroid dienone is 1. The summed E-state index contributed by atoms with van der Waals surface area (Å²) < 4.78 is 5.21. The molecule has 1 aromatic rings. The minimum Gasteiger partial charge on any atom is -0.490 e. The number of rotatable bonds is 4. The Balaban J connectivity index is 1.90. The molecule has 16 heavy (non-hydrogen) atoms. The second-order valence-electron chi connectivity index (χ2n) is 3.87. The molecule has 3 nitrogen and oxygen atoms in total. The molecule has 0 spiro atoms. The number of Topliss-reactive ketones (excluding diaryl/α,β-unsaturated/α-hetero) is 1. The zero-order valence-corrected chi connectivity index (χ0v) is 9.11. The van der Waals surface area contributed by atoms with Crippen LogP contribution in [0.1, 0.15) is 18.4 Å². The SMILES string of the molecule is Nc1cccc(CCC(=O)C2=CCCO2)c1. The fraction of sp³-hybridized carbons (Fsp3) is 0.308. The second-order valence-corrected chi connectivity index (χ2v) is 3.87. The topological polar surface area (TPSA) is 52.3 Å². The summed E-state index contributed by atoms with van der Waals surface area (Å²) in [5.74, 6) is 0.615. The number of carbonyl (C=O) groups is 1. The lowest BCUT2D eigenvalue weighted by Crippen LogP contribution is -2.04. The first-order valence-electron chi connectivity index (χ1n) is 5.46. The van der Waals surface area contributed by atoms with Crippen LogP contribution in [0.2, 0.25) is 0 Å². The van der Waals surface area contributed by atoms with E-state index in [9.17, 15) is 4.79 Å². The summed E-state index contributed by atoms with van der Waals surface area (Å²) in [7, 11) is 0. The van der Waals surface area contributed by atoms with Crippen molar-refractivity contribution in [2.45, 2.75) is 19.3 Å². The van der Waals surface area contributed by atoms with Crippen molar-refractivity contribution in [1.82, 2.24) is 0 Å². The Labute approximate surface area is 94.9 Å². The molecule has 0 saturated heterocycles. The van der Waals surface area contributed by atoms with Crippen molar-refractivity contribution in [1.29, 1.82) is 0 Å². The van der Waals surface area contributed by atoms with Crippen molar-refractivity contribution in [2.75, 3.05) is 12.3 Å². The van der Waals surface area contributed by atoms with Gasteiger partial charge >= 0.3 is 0 Å². The molecule has 2 rings (SSSR count). The van der Waals surface area contributed by atoms with Gasteiger partial charge in [-0.2, -0.15) is 0 Å². The maximum atomic E-state index is 11.7. The maximum Gasteiger partial charge on any atom is 0.197 e. The molecule has 0 unspecified atom stereocenters. The molecule has 84 valence electrons. The first-order chi connectivity index (χ1) is 7.75. The zero-order chi connectivity index (χ0) is 11.4. The highest BCUT2D eigenvalue weighted by Crippen LogP contribution is 2.14. The average Bonchev–Trinajstić information content (AvgIpc) is 2.79. The first kappa shape index (κ1) is 10.7. The van der Waals surface area contributed by atoms with Gasteiger partial charge in [-0.1, -0.05) is 12.1 Å². The molecule has 0 fully saturated rings. The monoisotopic (exact) mass is 217 g/mol. The quantitative estimate of drug-likeness (QED) is 0.785. The molecule has 1 aliphatic rings. The van der Waals surface area contributed by atoms with Crippen molar-refractivity contribution in [3.05, 3.63) is 41.7 Å². The molecule has 3 heteroatoms. The predicted molar refractivity (Wildman–Crippen MR) is 62.8 cm³/mol. The average molecular weight is 217 g/mol. The van der Waals surface area contributed by atoms with Gasteiger partial charge in [0.15, 0.2) is 11.5 Å². The molecule has 1 heterocycles. The van der Waals surface area contributed by atoms with Gasteiger partial charge in [0.1, 0.15) is 0 Å². The molecule has 0 radical (unpaired) electrons. The van der Waals surface area contributed by atoms with Gasteiger partial charge in [-0.15, -0.1) is 0 Å². The molecular formula is C13H15NO2. The van der Waals surface area contributed by atoms with Gasteiger partial charge in [-0.3, -0.25) is 4.79 Å². The molecule has 1 aliphatic heterocycles. The minimum atomic E-state index is 0.0833. The summed E-state index contributed by atoms with van der Waals surface area (Å²) in [5, 5.41) is 0. The molecule has 2 N–H and O–H groups in total. The number of nitrogens with two attached hydrogens (primary N) is 1. The highest BCUT2D eigenvalue weighted by molar-refractivity contribution is 5.93. The number of hydrogen-bond acceptors (Lipinski definition) is 3. The smallest absolute Gasteiger partial charge is 0.197 e. The number of carbonyl (C=O) groups excluding carboxylic acids is 1. The molecule has 0 atom stereocenters. The molecule has 0 saturated carbocycles. The van der Waals surface area contributed by atoms with Crippen molar-refractivity contribution in [3.8, 4) is 0 Å². The van der Waals surface area contributed by atoms with Crippen molar-refractivity contribution in [3.63, 3.8) is 0 Å². The van der Waals surface area contributed by atoms with E-state index in [2.05, 4.69) is 0 Å². The highest BCUT2D eigenvalue weighted by atomic mass is 16.5. The Morgan fingerprint density at radius 2 is 2.31 bits per heavy atom. The zero-order valence-electron chi connectivity index (χ0n) is 9.11. The normalized spacial score (nSPS) is 14.4. The Bertz CT molecular complexity index is 424. The third kappa shape index (κ3) is 2.63. The molecule has 1 aromatic carbocycles. The maximum absolute atomic E-state index is 11.7. The van der Waals surface area contributed by atoms with Gasteiger partial charge in [0, 0.05) is 18.5 Å². The third-order valence-corrected chi connectivity index (χ3v) is 2.57. The van der Waals surface area contributed by atoms with Crippen LogP contribution in [0.3, 0.4) is 0 Å². The van der Waals surface area contributed by atoms with Gasteiger partial charge in [0.25, 0.3) is 0 Å². The minimum absolute atomic E-state index is 0.0833. The lowest BCUT2D eigenvalue weighted by molar-refractivity contribution is -0.118. The van der Waals surface area contributed by atoms with Crippen LogP contribution in [-0.2, 0) is 16.0 Å². The van der Waals surface area contributed by atoms with Gasteiger partial charge in [-0.05, 0) is 30.2 Å². The Kier molecular flexibility index (Phi) is 3.25. The van der Waals surface area contributed by atoms with Gasteiger partial charge < -0.3 is 10.5 Å². The Morgan fingerprint density at radius 3 is 3.00 bits per heavy atom. The van der Waals surface area contributed by atoms with Crippen molar-refractivity contribution in [2.24, 2.45) is 0 Å². The highest BCUT2D eigenvalue weighted by Gasteiger charge is 2.14. The number of ether oxygens (including phenoxy) is 1. The largest absolute Gasteiger partial charge is 0.490 e. The Hall–Kier alpha value is -1.77. The van der Waals surface area contributed by atoms with Crippen molar-refractivity contribution < 1.29 is 9.53 Å². The van der Waals surface area contributed by atoms with Crippen LogP contribution in [0.25, 0.3) is 0 Å². The van der Waals surface area contributed by atoms with E-state index in [0.717, 1.165) is 17.7 Å². The van der Waals surface area contributed by atoms with Crippen LogP contribution in [0.4, 0.5) is 5.69 Å². The number of anilines is 1.